The van der Waals surface area contributed by atoms with Gasteiger partial charge in [-0.3, -0.25) is 0 Å². The lowest BCUT2D eigenvalue weighted by Gasteiger charge is -2.17. The van der Waals surface area contributed by atoms with Crippen molar-refractivity contribution in [3.8, 4) is 50.6 Å². The fraction of sp³-hybridized carbons (Fsp3) is 0.125. The quantitative estimate of drug-likeness (QED) is 0.161. The molecule has 1 aliphatic carbocycles. The zero-order valence-electron chi connectivity index (χ0n) is 31.6. The number of methoxy groups -OCH3 is 4. The Labute approximate surface area is 325 Å². The molecule has 0 saturated carbocycles. The van der Waals surface area contributed by atoms with Gasteiger partial charge in [0, 0.05) is 50.2 Å². The van der Waals surface area contributed by atoms with E-state index in [0.717, 1.165) is 113 Å². The van der Waals surface area contributed by atoms with Crippen LogP contribution in [0.5, 0.6) is 17.2 Å². The number of ether oxygens (including phenoxy) is 4. The van der Waals surface area contributed by atoms with Crippen LogP contribution in [0.1, 0.15) is 40.7 Å². The van der Waals surface area contributed by atoms with Crippen molar-refractivity contribution in [2.24, 2.45) is 0 Å². The van der Waals surface area contributed by atoms with Gasteiger partial charge in [-0.2, -0.15) is 0 Å². The molecule has 1 unspecified atom stereocenters. The van der Waals surface area contributed by atoms with Crippen LogP contribution >= 0.6 is 0 Å². The molecule has 9 rings (SSSR count). The van der Waals surface area contributed by atoms with Gasteiger partial charge in [0.2, 0.25) is 0 Å². The molecule has 8 nitrogen and oxygen atoms in total. The van der Waals surface area contributed by atoms with Crippen LogP contribution in [-0.2, 0) is 4.74 Å². The first kappa shape index (κ1) is 34.7. The molecule has 0 saturated heterocycles. The number of rotatable bonds is 8. The van der Waals surface area contributed by atoms with E-state index in [2.05, 4.69) is 107 Å². The second-order valence-electron chi connectivity index (χ2n) is 13.7. The number of aromatic amines is 2. The van der Waals surface area contributed by atoms with Gasteiger partial charge in [0.05, 0.1) is 51.2 Å². The molecule has 8 heteroatoms. The van der Waals surface area contributed by atoms with Crippen LogP contribution in [-0.4, -0.2) is 48.4 Å². The Morgan fingerprint density at radius 2 is 0.839 bits per heavy atom. The average Bonchev–Trinajstić information content (AvgIpc) is 4.10. The second-order valence-corrected chi connectivity index (χ2v) is 13.7. The van der Waals surface area contributed by atoms with E-state index >= 15 is 0 Å². The van der Waals surface area contributed by atoms with Crippen LogP contribution in [0.2, 0.25) is 0 Å². The molecular weight excluding hydrogens is 697 g/mol. The molecule has 0 amide bonds. The molecule has 6 aromatic rings. The van der Waals surface area contributed by atoms with Crippen molar-refractivity contribution >= 4 is 46.4 Å². The normalized spacial score (nSPS) is 14.4. The van der Waals surface area contributed by atoms with Crippen molar-refractivity contribution in [2.45, 2.75) is 12.3 Å². The van der Waals surface area contributed by atoms with Gasteiger partial charge in [-0.15, -0.1) is 0 Å². The molecule has 3 aromatic carbocycles. The van der Waals surface area contributed by atoms with Gasteiger partial charge in [-0.05, 0) is 120 Å². The molecule has 0 radical (unpaired) electrons. The minimum atomic E-state index is 0.0540. The second kappa shape index (κ2) is 14.6. The zero-order chi connectivity index (χ0) is 38.2. The lowest BCUT2D eigenvalue weighted by molar-refractivity contribution is 0.303. The van der Waals surface area contributed by atoms with E-state index < -0.39 is 0 Å². The monoisotopic (exact) mass is 736 g/mol. The molecule has 2 aliphatic heterocycles. The molecule has 8 bridgehead atoms. The number of benzene rings is 3. The summed E-state index contributed by atoms with van der Waals surface area (Å²) >= 11 is 0. The van der Waals surface area contributed by atoms with Crippen LogP contribution in [0.25, 0.3) is 79.8 Å². The third-order valence-corrected chi connectivity index (χ3v) is 10.6. The third kappa shape index (κ3) is 6.35. The molecule has 56 heavy (non-hydrogen) atoms. The summed E-state index contributed by atoms with van der Waals surface area (Å²) in [7, 11) is 6.75. The molecule has 3 aliphatic rings. The van der Waals surface area contributed by atoms with Crippen molar-refractivity contribution in [1.29, 1.82) is 0 Å². The molecule has 1 atom stereocenters. The number of hydrogen-bond acceptors (Lipinski definition) is 6. The summed E-state index contributed by atoms with van der Waals surface area (Å²) < 4.78 is 22.2. The van der Waals surface area contributed by atoms with Gasteiger partial charge in [-0.25, -0.2) is 9.97 Å². The van der Waals surface area contributed by atoms with Crippen molar-refractivity contribution in [2.75, 3.05) is 28.4 Å². The lowest BCUT2D eigenvalue weighted by atomic mass is 9.90. The van der Waals surface area contributed by atoms with Gasteiger partial charge >= 0.3 is 0 Å². The number of fused-ring (bicyclic) bond motifs is 8. The number of nitrogens with one attached hydrogen (secondary N) is 2. The largest absolute Gasteiger partial charge is 0.497 e. The minimum absolute atomic E-state index is 0.0540. The summed E-state index contributed by atoms with van der Waals surface area (Å²) in [5.74, 6) is 3.27. The van der Waals surface area contributed by atoms with Crippen molar-refractivity contribution in [3.05, 3.63) is 149 Å². The number of allylic oxidation sites excluding steroid dienone is 3. The van der Waals surface area contributed by atoms with Crippen molar-refractivity contribution < 1.29 is 18.9 Å². The van der Waals surface area contributed by atoms with E-state index in [4.69, 9.17) is 28.9 Å². The SMILES string of the molecule is COC1=CCC(c2c3nc(c(-c4ccc(OC)cc4)c4ccc([nH]4)c(-c4ccc(OC)cc4)c4nc(c(-c5ccc(OC)cc5)c5ccc2[nH]5)C=C4)C=C3)C=C1. The Hall–Kier alpha value is -7.06. The summed E-state index contributed by atoms with van der Waals surface area (Å²) in [6.07, 6.45) is 15.6. The summed E-state index contributed by atoms with van der Waals surface area (Å²) in [5.41, 5.74) is 14.2. The predicted molar refractivity (Wildman–Crippen MR) is 226 cm³/mol. The van der Waals surface area contributed by atoms with E-state index in [-0.39, 0.29) is 5.92 Å². The molecule has 3 aromatic heterocycles. The van der Waals surface area contributed by atoms with Gasteiger partial charge in [0.1, 0.15) is 23.0 Å². The highest BCUT2D eigenvalue weighted by molar-refractivity contribution is 5.98. The molecular formula is C48H40N4O4. The van der Waals surface area contributed by atoms with Gasteiger partial charge in [-0.1, -0.05) is 42.5 Å². The summed E-state index contributed by atoms with van der Waals surface area (Å²) in [6, 6.07) is 33.0. The Bertz CT molecular complexity index is 2710. The molecule has 2 N–H and O–H groups in total. The Morgan fingerprint density at radius 3 is 1.23 bits per heavy atom. The maximum absolute atomic E-state index is 5.58. The number of nitrogens with zero attached hydrogens (tertiary/aromatic N) is 2. The summed E-state index contributed by atoms with van der Waals surface area (Å²) in [5, 5.41) is 0. The van der Waals surface area contributed by atoms with Crippen LogP contribution in [0, 0.1) is 0 Å². The highest BCUT2D eigenvalue weighted by atomic mass is 16.5. The topological polar surface area (TPSA) is 94.3 Å². The fourth-order valence-corrected chi connectivity index (χ4v) is 7.77. The maximum atomic E-state index is 5.58. The molecule has 0 fully saturated rings. The zero-order valence-corrected chi connectivity index (χ0v) is 31.6. The van der Waals surface area contributed by atoms with E-state index in [1.807, 2.05) is 42.5 Å². The van der Waals surface area contributed by atoms with Crippen LogP contribution in [0.3, 0.4) is 0 Å². The van der Waals surface area contributed by atoms with Crippen molar-refractivity contribution in [3.63, 3.8) is 0 Å². The van der Waals surface area contributed by atoms with Gasteiger partial charge in [0.25, 0.3) is 0 Å². The van der Waals surface area contributed by atoms with Crippen LogP contribution in [0.15, 0.2) is 121 Å². The van der Waals surface area contributed by atoms with E-state index in [1.54, 1.807) is 28.4 Å². The Kier molecular flexibility index (Phi) is 9.07. The highest BCUT2D eigenvalue weighted by Crippen LogP contribution is 2.39. The van der Waals surface area contributed by atoms with Gasteiger partial charge < -0.3 is 28.9 Å². The molecule has 276 valence electrons. The number of aromatic nitrogens is 4. The van der Waals surface area contributed by atoms with Crippen molar-refractivity contribution in [1.82, 2.24) is 19.9 Å². The average molecular weight is 737 g/mol. The first-order valence-corrected chi connectivity index (χ1v) is 18.5. The minimum Gasteiger partial charge on any atom is -0.497 e. The predicted octanol–water partition coefficient (Wildman–Crippen LogP) is 11.3. The van der Waals surface area contributed by atoms with E-state index in [0.29, 0.717) is 0 Å². The summed E-state index contributed by atoms with van der Waals surface area (Å²) in [4.78, 5) is 18.5. The third-order valence-electron chi connectivity index (χ3n) is 10.6. The number of hydrogen-bond donors (Lipinski definition) is 2. The van der Waals surface area contributed by atoms with E-state index in [9.17, 15) is 0 Å². The smallest absolute Gasteiger partial charge is 0.118 e. The maximum Gasteiger partial charge on any atom is 0.118 e. The Morgan fingerprint density at radius 1 is 0.446 bits per heavy atom. The standard InChI is InChI=1S/C48H40N4O4/c1-53-33-13-5-29(6-14-33)45-37-21-23-39(49-37)46(30-7-15-34(54-2)16-8-30)41-25-27-43(51-41)48(32-11-19-36(56-4)20-12-32)44-28-26-42(52-44)47(40-24-22-38(45)50-40)31-9-17-35(55-3)18-10-31/h5-11,13-28,32,49,52H,12H2,1-4H3. The Balaban J connectivity index is 1.41. The van der Waals surface area contributed by atoms with Gasteiger partial charge in [0.15, 0.2) is 0 Å². The molecule has 0 spiro atoms. The highest BCUT2D eigenvalue weighted by Gasteiger charge is 2.22. The fourth-order valence-electron chi connectivity index (χ4n) is 7.77. The lowest BCUT2D eigenvalue weighted by Crippen LogP contribution is -2.02. The number of H-pyrrole nitrogens is 2. The first-order chi connectivity index (χ1) is 27.5. The first-order valence-electron chi connectivity index (χ1n) is 18.5. The van der Waals surface area contributed by atoms with E-state index in [1.165, 1.54) is 0 Å². The van der Waals surface area contributed by atoms with Crippen LogP contribution < -0.4 is 14.2 Å². The summed E-state index contributed by atoms with van der Waals surface area (Å²) in [6.45, 7) is 0. The molecule has 5 heterocycles. The van der Waals surface area contributed by atoms with Crippen LogP contribution in [0.4, 0.5) is 0 Å².